The van der Waals surface area contributed by atoms with Crippen molar-refractivity contribution in [1.82, 2.24) is 0 Å². The van der Waals surface area contributed by atoms with Crippen molar-refractivity contribution in [3.8, 4) is 6.07 Å². The zero-order chi connectivity index (χ0) is 14.7. The van der Waals surface area contributed by atoms with Gasteiger partial charge in [0.25, 0.3) is 0 Å². The fraction of sp³-hybridized carbons (Fsp3) is 0.0556. The molecule has 0 aliphatic rings. The van der Waals surface area contributed by atoms with Gasteiger partial charge in [-0.2, -0.15) is 5.26 Å². The van der Waals surface area contributed by atoms with E-state index in [9.17, 15) is 5.26 Å². The van der Waals surface area contributed by atoms with E-state index >= 15 is 0 Å². The van der Waals surface area contributed by atoms with Crippen LogP contribution < -0.4 is 5.32 Å². The molecule has 102 valence electrons. The van der Waals surface area contributed by atoms with Crippen LogP contribution in [0, 0.1) is 11.3 Å². The zero-order valence-corrected chi connectivity index (χ0v) is 12.8. The number of nitriles is 1. The van der Waals surface area contributed by atoms with Crippen molar-refractivity contribution < 1.29 is 0 Å². The average molecular weight is 337 g/mol. The number of fused-ring (bicyclic) bond motifs is 1. The molecule has 3 heteroatoms. The van der Waals surface area contributed by atoms with Crippen LogP contribution in [0.1, 0.15) is 11.6 Å². The number of hydrogen-bond acceptors (Lipinski definition) is 2. The molecular weight excluding hydrogens is 324 g/mol. The number of halogens is 1. The summed E-state index contributed by atoms with van der Waals surface area (Å²) in [6.07, 6.45) is 0. The van der Waals surface area contributed by atoms with Gasteiger partial charge in [0.05, 0.1) is 6.07 Å². The van der Waals surface area contributed by atoms with Crippen molar-refractivity contribution in [1.29, 1.82) is 5.26 Å². The summed E-state index contributed by atoms with van der Waals surface area (Å²) >= 11 is 3.41. The van der Waals surface area contributed by atoms with Crippen LogP contribution in [0.5, 0.6) is 0 Å². The van der Waals surface area contributed by atoms with Crippen molar-refractivity contribution >= 4 is 32.4 Å². The Hall–Kier alpha value is -2.31. The molecule has 0 aliphatic carbocycles. The third kappa shape index (κ3) is 2.91. The Labute approximate surface area is 132 Å². The zero-order valence-electron chi connectivity index (χ0n) is 11.3. The summed E-state index contributed by atoms with van der Waals surface area (Å²) in [5.41, 5.74) is 1.93. The maximum atomic E-state index is 9.53. The monoisotopic (exact) mass is 336 g/mol. The number of benzene rings is 3. The summed E-state index contributed by atoms with van der Waals surface area (Å²) in [6.45, 7) is 0. The summed E-state index contributed by atoms with van der Waals surface area (Å²) in [5, 5.41) is 15.1. The Morgan fingerprint density at radius 2 is 1.62 bits per heavy atom. The minimum Gasteiger partial charge on any atom is -0.366 e. The number of hydrogen-bond donors (Lipinski definition) is 1. The Bertz CT molecular complexity index is 798. The molecule has 0 spiro atoms. The fourth-order valence-electron chi connectivity index (χ4n) is 2.39. The lowest BCUT2D eigenvalue weighted by Gasteiger charge is -2.15. The highest BCUT2D eigenvalue weighted by Crippen LogP contribution is 2.27. The van der Waals surface area contributed by atoms with Crippen LogP contribution in [0.4, 0.5) is 5.69 Å². The van der Waals surface area contributed by atoms with Gasteiger partial charge in [-0.1, -0.05) is 58.4 Å². The van der Waals surface area contributed by atoms with Gasteiger partial charge in [0.1, 0.15) is 6.04 Å². The average Bonchev–Trinajstić information content (AvgIpc) is 2.54. The number of rotatable bonds is 3. The summed E-state index contributed by atoms with van der Waals surface area (Å²) in [4.78, 5) is 0. The largest absolute Gasteiger partial charge is 0.366 e. The Kier molecular flexibility index (Phi) is 3.89. The molecule has 3 aromatic rings. The van der Waals surface area contributed by atoms with Gasteiger partial charge in [0, 0.05) is 10.2 Å². The third-order valence-corrected chi connectivity index (χ3v) is 3.95. The summed E-state index contributed by atoms with van der Waals surface area (Å²) in [7, 11) is 0. The van der Waals surface area contributed by atoms with Gasteiger partial charge in [0.2, 0.25) is 0 Å². The quantitative estimate of drug-likeness (QED) is 0.706. The van der Waals surface area contributed by atoms with E-state index in [1.54, 1.807) is 0 Å². The highest BCUT2D eigenvalue weighted by molar-refractivity contribution is 9.10. The first-order valence-corrected chi connectivity index (χ1v) is 7.46. The molecule has 1 N–H and O–H groups in total. The molecule has 2 nitrogen and oxygen atoms in total. The number of nitrogens with zero attached hydrogens (tertiary/aromatic N) is 1. The highest BCUT2D eigenvalue weighted by atomic mass is 79.9. The van der Waals surface area contributed by atoms with Crippen LogP contribution in [0.2, 0.25) is 0 Å². The molecule has 1 atom stereocenters. The van der Waals surface area contributed by atoms with Gasteiger partial charge in [0.15, 0.2) is 0 Å². The van der Waals surface area contributed by atoms with E-state index in [1.807, 2.05) is 48.5 Å². The molecular formula is C18H13BrN2. The van der Waals surface area contributed by atoms with E-state index in [0.717, 1.165) is 26.5 Å². The summed E-state index contributed by atoms with van der Waals surface area (Å²) in [5.74, 6) is 0. The van der Waals surface area contributed by atoms with Crippen molar-refractivity contribution in [2.75, 3.05) is 5.32 Å². The third-order valence-electron chi connectivity index (χ3n) is 3.42. The Morgan fingerprint density at radius 3 is 2.38 bits per heavy atom. The van der Waals surface area contributed by atoms with E-state index in [1.165, 1.54) is 0 Å². The lowest BCUT2D eigenvalue weighted by molar-refractivity contribution is 1.01. The van der Waals surface area contributed by atoms with Crippen LogP contribution >= 0.6 is 15.9 Å². The van der Waals surface area contributed by atoms with E-state index in [0.29, 0.717) is 0 Å². The normalized spacial score (nSPS) is 11.8. The molecule has 1 unspecified atom stereocenters. The van der Waals surface area contributed by atoms with Crippen LogP contribution in [-0.4, -0.2) is 0 Å². The highest BCUT2D eigenvalue weighted by Gasteiger charge is 2.13. The molecule has 21 heavy (non-hydrogen) atoms. The molecule has 0 bridgehead atoms. The maximum Gasteiger partial charge on any atom is 0.140 e. The van der Waals surface area contributed by atoms with Gasteiger partial charge in [-0.05, 0) is 40.6 Å². The first-order chi connectivity index (χ1) is 10.3. The van der Waals surface area contributed by atoms with Crippen LogP contribution in [-0.2, 0) is 0 Å². The molecule has 0 aromatic heterocycles. The van der Waals surface area contributed by atoms with E-state index in [2.05, 4.69) is 45.5 Å². The van der Waals surface area contributed by atoms with Gasteiger partial charge in [-0.25, -0.2) is 0 Å². The van der Waals surface area contributed by atoms with Crippen LogP contribution in [0.25, 0.3) is 10.8 Å². The predicted molar refractivity (Wildman–Crippen MR) is 90.1 cm³/mol. The van der Waals surface area contributed by atoms with E-state index in [4.69, 9.17) is 0 Å². The minimum absolute atomic E-state index is 0.378. The fourth-order valence-corrected chi connectivity index (χ4v) is 2.66. The Morgan fingerprint density at radius 1 is 0.905 bits per heavy atom. The molecule has 0 amide bonds. The lowest BCUT2D eigenvalue weighted by Crippen LogP contribution is -2.08. The first kappa shape index (κ1) is 13.7. The van der Waals surface area contributed by atoms with E-state index in [-0.39, 0.29) is 6.04 Å². The van der Waals surface area contributed by atoms with Gasteiger partial charge in [-0.15, -0.1) is 0 Å². The van der Waals surface area contributed by atoms with Gasteiger partial charge < -0.3 is 5.32 Å². The molecule has 3 rings (SSSR count). The molecule has 0 aliphatic heterocycles. The second-order valence-electron chi connectivity index (χ2n) is 4.78. The van der Waals surface area contributed by atoms with Crippen molar-refractivity contribution in [2.45, 2.75) is 6.04 Å². The van der Waals surface area contributed by atoms with E-state index < -0.39 is 0 Å². The van der Waals surface area contributed by atoms with Gasteiger partial charge in [-0.3, -0.25) is 0 Å². The molecule has 3 aromatic carbocycles. The minimum atomic E-state index is -0.378. The van der Waals surface area contributed by atoms with Crippen molar-refractivity contribution in [3.63, 3.8) is 0 Å². The summed E-state index contributed by atoms with van der Waals surface area (Å²) in [6, 6.07) is 24.0. The smallest absolute Gasteiger partial charge is 0.140 e. The molecule has 0 saturated carbocycles. The summed E-state index contributed by atoms with van der Waals surface area (Å²) < 4.78 is 1.02. The Balaban J connectivity index is 1.99. The number of nitrogens with one attached hydrogen (secondary N) is 1. The predicted octanol–water partition coefficient (Wildman–Crippen LogP) is 5.28. The SMILES string of the molecule is N#CC(Nc1ccc(Br)cc1)c1cccc2ccccc12. The second kappa shape index (κ2) is 5.99. The van der Waals surface area contributed by atoms with Crippen molar-refractivity contribution in [2.24, 2.45) is 0 Å². The standard InChI is InChI=1S/C18H13BrN2/c19-14-8-10-15(11-9-14)21-18(12-20)17-7-3-5-13-4-1-2-6-16(13)17/h1-11,18,21H. The first-order valence-electron chi connectivity index (χ1n) is 6.67. The molecule has 0 radical (unpaired) electrons. The van der Waals surface area contributed by atoms with Crippen LogP contribution in [0.15, 0.2) is 71.2 Å². The maximum absolute atomic E-state index is 9.53. The van der Waals surface area contributed by atoms with Gasteiger partial charge >= 0.3 is 0 Å². The second-order valence-corrected chi connectivity index (χ2v) is 5.70. The van der Waals surface area contributed by atoms with Crippen molar-refractivity contribution in [3.05, 3.63) is 76.8 Å². The lowest BCUT2D eigenvalue weighted by atomic mass is 9.99. The topological polar surface area (TPSA) is 35.8 Å². The number of anilines is 1. The molecule has 0 heterocycles. The molecule has 0 saturated heterocycles. The van der Waals surface area contributed by atoms with Crippen LogP contribution in [0.3, 0.4) is 0 Å². The molecule has 0 fully saturated rings.